The first-order valence-electron chi connectivity index (χ1n) is 3.95. The molecule has 3 heteroatoms. The summed E-state index contributed by atoms with van der Waals surface area (Å²) in [6, 6.07) is 7.53. The minimum absolute atomic E-state index is 0.744. The molecule has 0 bridgehead atoms. The monoisotopic (exact) mass is 193 g/mol. The van der Waals surface area contributed by atoms with Gasteiger partial charge in [0.25, 0.3) is 0 Å². The molecule has 2 nitrogen and oxygen atoms in total. The summed E-state index contributed by atoms with van der Waals surface area (Å²) < 4.78 is 5.05. The van der Waals surface area contributed by atoms with E-state index in [2.05, 4.69) is 5.16 Å². The molecule has 0 spiro atoms. The molecular formula is C10H8ClNO. The molecule has 0 radical (unpaired) electrons. The summed E-state index contributed by atoms with van der Waals surface area (Å²) in [5.41, 5.74) is 2.01. The Morgan fingerprint density at radius 1 is 1.31 bits per heavy atom. The Morgan fingerprint density at radius 3 is 2.85 bits per heavy atom. The Kier molecular flexibility index (Phi) is 2.07. The van der Waals surface area contributed by atoms with Crippen molar-refractivity contribution in [1.29, 1.82) is 0 Å². The largest absolute Gasteiger partial charge is 0.356 e. The van der Waals surface area contributed by atoms with Gasteiger partial charge in [0, 0.05) is 16.7 Å². The van der Waals surface area contributed by atoms with Crippen LogP contribution in [-0.2, 0) is 0 Å². The summed E-state index contributed by atoms with van der Waals surface area (Å²) in [7, 11) is 0. The molecule has 13 heavy (non-hydrogen) atoms. The van der Waals surface area contributed by atoms with Gasteiger partial charge in [0.2, 0.25) is 0 Å². The molecule has 0 atom stereocenters. The molecule has 0 unspecified atom stereocenters. The lowest BCUT2D eigenvalue weighted by molar-refractivity contribution is 0.432. The highest BCUT2D eigenvalue weighted by Gasteiger charge is 2.06. The molecule has 0 aliphatic heterocycles. The van der Waals surface area contributed by atoms with Crippen LogP contribution in [0.1, 0.15) is 5.56 Å². The van der Waals surface area contributed by atoms with Crippen LogP contribution in [-0.4, -0.2) is 5.16 Å². The van der Waals surface area contributed by atoms with E-state index in [9.17, 15) is 0 Å². The van der Waals surface area contributed by atoms with Gasteiger partial charge >= 0.3 is 0 Å². The lowest BCUT2D eigenvalue weighted by Crippen LogP contribution is -1.81. The highest BCUT2D eigenvalue weighted by Crippen LogP contribution is 2.27. The van der Waals surface area contributed by atoms with Gasteiger partial charge in [-0.1, -0.05) is 28.9 Å². The Hall–Kier alpha value is -1.28. The number of benzene rings is 1. The summed E-state index contributed by atoms with van der Waals surface area (Å²) in [5.74, 6) is 0.750. The van der Waals surface area contributed by atoms with Gasteiger partial charge in [-0.2, -0.15) is 0 Å². The fourth-order valence-electron chi connectivity index (χ4n) is 1.23. The molecule has 1 aromatic heterocycles. The third-order valence-corrected chi connectivity index (χ3v) is 2.38. The van der Waals surface area contributed by atoms with Crippen molar-refractivity contribution >= 4 is 11.6 Å². The topological polar surface area (TPSA) is 26.0 Å². The maximum atomic E-state index is 5.97. The average Bonchev–Trinajstić information content (AvgIpc) is 2.62. The number of aromatic nitrogens is 1. The SMILES string of the molecule is Cc1c(Cl)cccc1-c1ccno1. The van der Waals surface area contributed by atoms with Crippen LogP contribution in [0.2, 0.25) is 5.02 Å². The van der Waals surface area contributed by atoms with Crippen molar-refractivity contribution in [3.05, 3.63) is 41.0 Å². The van der Waals surface area contributed by atoms with Gasteiger partial charge in [-0.15, -0.1) is 0 Å². The van der Waals surface area contributed by atoms with Crippen molar-refractivity contribution in [3.8, 4) is 11.3 Å². The highest BCUT2D eigenvalue weighted by atomic mass is 35.5. The van der Waals surface area contributed by atoms with Crippen molar-refractivity contribution in [1.82, 2.24) is 5.16 Å². The predicted molar refractivity (Wildman–Crippen MR) is 51.7 cm³/mol. The Labute approximate surface area is 81.1 Å². The maximum Gasteiger partial charge on any atom is 0.167 e. The molecule has 0 aliphatic carbocycles. The molecule has 0 N–H and O–H groups in total. The van der Waals surface area contributed by atoms with Crippen LogP contribution in [0.4, 0.5) is 0 Å². The average molecular weight is 194 g/mol. The molecule has 0 saturated carbocycles. The lowest BCUT2D eigenvalue weighted by Gasteiger charge is -2.02. The lowest BCUT2D eigenvalue weighted by atomic mass is 10.1. The van der Waals surface area contributed by atoms with Crippen LogP contribution >= 0.6 is 11.6 Å². The van der Waals surface area contributed by atoms with Crippen molar-refractivity contribution in [2.24, 2.45) is 0 Å². The second-order valence-electron chi connectivity index (χ2n) is 2.79. The van der Waals surface area contributed by atoms with Crippen molar-refractivity contribution in [2.75, 3.05) is 0 Å². The van der Waals surface area contributed by atoms with E-state index in [1.54, 1.807) is 6.20 Å². The number of halogens is 1. The Bertz CT molecular complexity index is 409. The first-order chi connectivity index (χ1) is 6.29. The van der Waals surface area contributed by atoms with Crippen LogP contribution in [0.25, 0.3) is 11.3 Å². The number of hydrogen-bond acceptors (Lipinski definition) is 2. The van der Waals surface area contributed by atoms with Gasteiger partial charge in [0.15, 0.2) is 5.76 Å². The van der Waals surface area contributed by atoms with E-state index in [-0.39, 0.29) is 0 Å². The van der Waals surface area contributed by atoms with Crippen LogP contribution in [0.5, 0.6) is 0 Å². The first-order valence-corrected chi connectivity index (χ1v) is 4.33. The molecule has 0 amide bonds. The van der Waals surface area contributed by atoms with Gasteiger partial charge in [0.1, 0.15) is 0 Å². The molecule has 0 saturated heterocycles. The summed E-state index contributed by atoms with van der Waals surface area (Å²) in [6.45, 7) is 1.96. The molecule has 2 rings (SSSR count). The number of rotatable bonds is 1. The van der Waals surface area contributed by atoms with E-state index in [0.717, 1.165) is 21.9 Å². The van der Waals surface area contributed by atoms with E-state index in [1.165, 1.54) is 0 Å². The molecule has 1 aromatic carbocycles. The van der Waals surface area contributed by atoms with Gasteiger partial charge in [0.05, 0.1) is 6.20 Å². The van der Waals surface area contributed by atoms with Crippen molar-refractivity contribution < 1.29 is 4.52 Å². The van der Waals surface area contributed by atoms with E-state index < -0.39 is 0 Å². The zero-order valence-electron chi connectivity index (χ0n) is 7.12. The Balaban J connectivity index is 2.59. The van der Waals surface area contributed by atoms with Crippen LogP contribution in [0.15, 0.2) is 35.0 Å². The number of nitrogens with zero attached hydrogens (tertiary/aromatic N) is 1. The van der Waals surface area contributed by atoms with Gasteiger partial charge in [-0.3, -0.25) is 0 Å². The van der Waals surface area contributed by atoms with Crippen LogP contribution in [0.3, 0.4) is 0 Å². The molecule has 1 heterocycles. The predicted octanol–water partition coefficient (Wildman–Crippen LogP) is 3.30. The first kappa shape index (κ1) is 8.32. The highest BCUT2D eigenvalue weighted by molar-refractivity contribution is 6.31. The normalized spacial score (nSPS) is 10.3. The molecule has 0 aliphatic rings. The second kappa shape index (κ2) is 3.23. The van der Waals surface area contributed by atoms with Gasteiger partial charge < -0.3 is 4.52 Å². The minimum Gasteiger partial charge on any atom is -0.356 e. The van der Waals surface area contributed by atoms with E-state index in [0.29, 0.717) is 0 Å². The van der Waals surface area contributed by atoms with Crippen LogP contribution < -0.4 is 0 Å². The molecule has 2 aromatic rings. The fraction of sp³-hybridized carbons (Fsp3) is 0.100. The van der Waals surface area contributed by atoms with Gasteiger partial charge in [-0.25, -0.2) is 0 Å². The third-order valence-electron chi connectivity index (χ3n) is 1.97. The second-order valence-corrected chi connectivity index (χ2v) is 3.20. The quantitative estimate of drug-likeness (QED) is 0.695. The van der Waals surface area contributed by atoms with E-state index in [1.807, 2.05) is 31.2 Å². The molecule has 66 valence electrons. The third kappa shape index (κ3) is 1.45. The summed E-state index contributed by atoms with van der Waals surface area (Å²) in [6.07, 6.45) is 1.62. The standard InChI is InChI=1S/C10H8ClNO/c1-7-8(3-2-4-9(7)11)10-5-6-12-13-10/h2-6H,1H3. The van der Waals surface area contributed by atoms with E-state index in [4.69, 9.17) is 16.1 Å². The van der Waals surface area contributed by atoms with Crippen molar-refractivity contribution in [3.63, 3.8) is 0 Å². The minimum atomic E-state index is 0.744. The zero-order chi connectivity index (χ0) is 9.26. The smallest absolute Gasteiger partial charge is 0.167 e. The number of hydrogen-bond donors (Lipinski definition) is 0. The van der Waals surface area contributed by atoms with E-state index >= 15 is 0 Å². The maximum absolute atomic E-state index is 5.97. The fourth-order valence-corrected chi connectivity index (χ4v) is 1.40. The molecular weight excluding hydrogens is 186 g/mol. The van der Waals surface area contributed by atoms with Gasteiger partial charge in [-0.05, 0) is 18.6 Å². The Morgan fingerprint density at radius 2 is 2.15 bits per heavy atom. The summed E-state index contributed by atoms with van der Waals surface area (Å²) >= 11 is 5.97. The summed E-state index contributed by atoms with van der Waals surface area (Å²) in [4.78, 5) is 0. The zero-order valence-corrected chi connectivity index (χ0v) is 7.88. The molecule has 0 fully saturated rings. The van der Waals surface area contributed by atoms with Crippen molar-refractivity contribution in [2.45, 2.75) is 6.92 Å². The van der Waals surface area contributed by atoms with Crippen LogP contribution in [0, 0.1) is 6.92 Å². The summed E-state index contributed by atoms with van der Waals surface area (Å²) in [5, 5.41) is 4.40.